The number of urea groups is 1. The third-order valence-electron chi connectivity index (χ3n) is 5.94. The molecule has 0 bridgehead atoms. The molecule has 1 aromatic rings. The van der Waals surface area contributed by atoms with Crippen LogP contribution in [0.5, 0.6) is 5.75 Å². The molecule has 1 atom stereocenters. The van der Waals surface area contributed by atoms with Crippen LogP contribution in [-0.4, -0.2) is 41.9 Å². The molecule has 1 aliphatic carbocycles. The topological polar surface area (TPSA) is 87.7 Å². The molecular weight excluding hydrogens is 346 g/mol. The second kappa shape index (κ2) is 6.87. The van der Waals surface area contributed by atoms with Crippen LogP contribution < -0.4 is 15.4 Å². The number of rotatable bonds is 3. The Bertz CT molecular complexity index is 772. The van der Waals surface area contributed by atoms with Gasteiger partial charge in [0.05, 0.1) is 6.61 Å². The monoisotopic (exact) mass is 371 g/mol. The van der Waals surface area contributed by atoms with Crippen LogP contribution in [0.1, 0.15) is 44.6 Å². The van der Waals surface area contributed by atoms with Crippen LogP contribution in [0.2, 0.25) is 0 Å². The van der Waals surface area contributed by atoms with Gasteiger partial charge in [0.2, 0.25) is 5.91 Å². The molecule has 27 heavy (non-hydrogen) atoms. The molecule has 1 saturated carbocycles. The second-order valence-corrected chi connectivity index (χ2v) is 7.85. The first-order valence-corrected chi connectivity index (χ1v) is 9.65. The Kier molecular flexibility index (Phi) is 4.53. The third-order valence-corrected chi connectivity index (χ3v) is 5.94. The van der Waals surface area contributed by atoms with E-state index in [-0.39, 0.29) is 24.4 Å². The van der Waals surface area contributed by atoms with Gasteiger partial charge in [-0.3, -0.25) is 14.5 Å². The zero-order valence-electron chi connectivity index (χ0n) is 15.5. The van der Waals surface area contributed by atoms with E-state index >= 15 is 0 Å². The Morgan fingerprint density at radius 2 is 2.00 bits per heavy atom. The summed E-state index contributed by atoms with van der Waals surface area (Å²) in [6.45, 7) is 2.31. The summed E-state index contributed by atoms with van der Waals surface area (Å²) in [6.07, 6.45) is 4.43. The number of benzene rings is 1. The number of hydrogen-bond acceptors (Lipinski definition) is 4. The number of amides is 4. The van der Waals surface area contributed by atoms with Crippen molar-refractivity contribution in [2.24, 2.45) is 5.92 Å². The summed E-state index contributed by atoms with van der Waals surface area (Å²) in [6, 6.07) is 6.83. The minimum absolute atomic E-state index is 0.132. The molecule has 2 N–H and O–H groups in total. The maximum Gasteiger partial charge on any atom is 0.325 e. The first-order valence-electron chi connectivity index (χ1n) is 9.65. The van der Waals surface area contributed by atoms with Crippen molar-refractivity contribution >= 4 is 17.8 Å². The zero-order chi connectivity index (χ0) is 19.0. The van der Waals surface area contributed by atoms with Gasteiger partial charge in [0.25, 0.3) is 5.91 Å². The van der Waals surface area contributed by atoms with Crippen LogP contribution in [0, 0.1) is 5.92 Å². The number of carbonyl (C=O) groups is 3. The van der Waals surface area contributed by atoms with Gasteiger partial charge in [0.15, 0.2) is 5.54 Å². The van der Waals surface area contributed by atoms with Crippen molar-refractivity contribution in [2.45, 2.75) is 50.6 Å². The first-order chi connectivity index (χ1) is 13.0. The van der Waals surface area contributed by atoms with Gasteiger partial charge in [0, 0.05) is 18.0 Å². The van der Waals surface area contributed by atoms with Crippen LogP contribution >= 0.6 is 0 Å². The van der Waals surface area contributed by atoms with Gasteiger partial charge in [0.1, 0.15) is 12.3 Å². The van der Waals surface area contributed by atoms with Crippen molar-refractivity contribution in [3.63, 3.8) is 0 Å². The molecule has 4 amide bonds. The van der Waals surface area contributed by atoms with Crippen molar-refractivity contribution in [1.82, 2.24) is 15.5 Å². The molecule has 0 radical (unpaired) electrons. The highest BCUT2D eigenvalue weighted by atomic mass is 16.5. The SMILES string of the molecule is CC1CCC(NC(=O)CN2C(=O)NC3(CCOc4ccccc43)C2=O)CC1. The largest absolute Gasteiger partial charge is 0.493 e. The number of para-hydroxylation sites is 1. The van der Waals surface area contributed by atoms with E-state index in [0.29, 0.717) is 30.3 Å². The van der Waals surface area contributed by atoms with Crippen molar-refractivity contribution in [1.29, 1.82) is 0 Å². The molecule has 1 spiro atoms. The van der Waals surface area contributed by atoms with Crippen molar-refractivity contribution in [2.75, 3.05) is 13.2 Å². The predicted octanol–water partition coefficient (Wildman–Crippen LogP) is 1.91. The first kappa shape index (κ1) is 17.8. The summed E-state index contributed by atoms with van der Waals surface area (Å²) in [5.41, 5.74) is -0.481. The molecule has 1 unspecified atom stereocenters. The van der Waals surface area contributed by atoms with Gasteiger partial charge in [-0.15, -0.1) is 0 Å². The highest BCUT2D eigenvalue weighted by molar-refractivity contribution is 6.09. The van der Waals surface area contributed by atoms with Gasteiger partial charge in [-0.05, 0) is 37.7 Å². The maximum absolute atomic E-state index is 13.1. The summed E-state index contributed by atoms with van der Waals surface area (Å²) in [7, 11) is 0. The third kappa shape index (κ3) is 3.15. The van der Waals surface area contributed by atoms with E-state index in [1.54, 1.807) is 12.1 Å². The van der Waals surface area contributed by atoms with E-state index < -0.39 is 11.6 Å². The lowest BCUT2D eigenvalue weighted by Gasteiger charge is -2.33. The van der Waals surface area contributed by atoms with E-state index in [9.17, 15) is 14.4 Å². The summed E-state index contributed by atoms with van der Waals surface area (Å²) in [5.74, 6) is 0.628. The minimum Gasteiger partial charge on any atom is -0.493 e. The average molecular weight is 371 g/mol. The van der Waals surface area contributed by atoms with Crippen LogP contribution in [0.4, 0.5) is 4.79 Å². The predicted molar refractivity (Wildman–Crippen MR) is 98.0 cm³/mol. The number of hydrogen-bond donors (Lipinski definition) is 2. The quantitative estimate of drug-likeness (QED) is 0.795. The smallest absolute Gasteiger partial charge is 0.325 e. The molecule has 0 aromatic heterocycles. The van der Waals surface area contributed by atoms with Crippen LogP contribution in [-0.2, 0) is 15.1 Å². The number of nitrogens with one attached hydrogen (secondary N) is 2. The lowest BCUT2D eigenvalue weighted by Crippen LogP contribution is -2.48. The molecule has 7 heteroatoms. The number of ether oxygens (including phenoxy) is 1. The molecule has 2 aliphatic heterocycles. The Labute approximate surface area is 158 Å². The maximum atomic E-state index is 13.1. The molecule has 2 fully saturated rings. The summed E-state index contributed by atoms with van der Waals surface area (Å²) in [5, 5.41) is 5.80. The van der Waals surface area contributed by atoms with Crippen LogP contribution in [0.25, 0.3) is 0 Å². The second-order valence-electron chi connectivity index (χ2n) is 7.85. The highest BCUT2D eigenvalue weighted by Crippen LogP contribution is 2.40. The molecule has 2 heterocycles. The normalized spacial score (nSPS) is 29.9. The lowest BCUT2D eigenvalue weighted by molar-refractivity contribution is -0.136. The Morgan fingerprint density at radius 3 is 2.78 bits per heavy atom. The Morgan fingerprint density at radius 1 is 1.26 bits per heavy atom. The lowest BCUT2D eigenvalue weighted by atomic mass is 9.84. The molecule has 4 rings (SSSR count). The molecule has 1 aromatic carbocycles. The van der Waals surface area contributed by atoms with E-state index in [0.717, 1.165) is 30.6 Å². The average Bonchev–Trinajstić information content (AvgIpc) is 2.89. The number of nitrogens with zero attached hydrogens (tertiary/aromatic N) is 1. The minimum atomic E-state index is -1.13. The summed E-state index contributed by atoms with van der Waals surface area (Å²) >= 11 is 0. The number of carbonyl (C=O) groups excluding carboxylic acids is 3. The number of imide groups is 1. The number of fused-ring (bicyclic) bond motifs is 2. The van der Waals surface area contributed by atoms with E-state index in [1.165, 1.54) is 0 Å². The standard InChI is InChI=1S/C20H25N3O4/c1-13-6-8-14(9-7-13)21-17(24)12-23-18(25)20(22-19(23)26)10-11-27-16-5-3-2-4-15(16)20/h2-5,13-14H,6-12H2,1H3,(H,21,24)(H,22,26). The molecule has 144 valence electrons. The van der Waals surface area contributed by atoms with E-state index in [1.807, 2.05) is 12.1 Å². The molecule has 7 nitrogen and oxygen atoms in total. The van der Waals surface area contributed by atoms with E-state index in [4.69, 9.17) is 4.74 Å². The van der Waals surface area contributed by atoms with Gasteiger partial charge >= 0.3 is 6.03 Å². The fourth-order valence-corrected chi connectivity index (χ4v) is 4.34. The fourth-order valence-electron chi connectivity index (χ4n) is 4.34. The van der Waals surface area contributed by atoms with Gasteiger partial charge in [-0.2, -0.15) is 0 Å². The van der Waals surface area contributed by atoms with Crippen LogP contribution in [0.15, 0.2) is 24.3 Å². The molecule has 1 saturated heterocycles. The van der Waals surface area contributed by atoms with Crippen molar-refractivity contribution in [3.05, 3.63) is 29.8 Å². The van der Waals surface area contributed by atoms with Gasteiger partial charge in [-0.1, -0.05) is 25.1 Å². The summed E-state index contributed by atoms with van der Waals surface area (Å²) < 4.78 is 5.62. The molecular formula is C20H25N3O4. The Balaban J connectivity index is 1.47. The van der Waals surface area contributed by atoms with E-state index in [2.05, 4.69) is 17.6 Å². The van der Waals surface area contributed by atoms with Crippen LogP contribution in [0.3, 0.4) is 0 Å². The van der Waals surface area contributed by atoms with Gasteiger partial charge in [-0.25, -0.2) is 4.79 Å². The van der Waals surface area contributed by atoms with Crippen molar-refractivity contribution < 1.29 is 19.1 Å². The zero-order valence-corrected chi connectivity index (χ0v) is 15.5. The van der Waals surface area contributed by atoms with Gasteiger partial charge < -0.3 is 15.4 Å². The summed E-state index contributed by atoms with van der Waals surface area (Å²) in [4.78, 5) is 39.1. The Hall–Kier alpha value is -2.57. The fraction of sp³-hybridized carbons (Fsp3) is 0.550. The van der Waals surface area contributed by atoms with Crippen molar-refractivity contribution in [3.8, 4) is 5.75 Å². The highest BCUT2D eigenvalue weighted by Gasteiger charge is 2.55. The molecule has 3 aliphatic rings.